The van der Waals surface area contributed by atoms with Crippen LogP contribution in [0, 0.1) is 0 Å². The van der Waals surface area contributed by atoms with E-state index in [4.69, 9.17) is 9.47 Å². The van der Waals surface area contributed by atoms with Crippen LogP contribution >= 0.6 is 0 Å². The molecular weight excluding hydrogens is 414 g/mol. The molecule has 1 aromatic rings. The number of sulfone groups is 1. The van der Waals surface area contributed by atoms with E-state index in [9.17, 15) is 22.8 Å². The number of carbonyl (C=O) groups is 3. The summed E-state index contributed by atoms with van der Waals surface area (Å²) in [4.78, 5) is 37.0. The Morgan fingerprint density at radius 1 is 1.27 bits per heavy atom. The molecule has 162 valence electrons. The zero-order valence-corrected chi connectivity index (χ0v) is 17.5. The monoisotopic (exact) mass is 437 g/mol. The van der Waals surface area contributed by atoms with Crippen molar-refractivity contribution >= 4 is 39.0 Å². The molecule has 0 spiro atoms. The third-order valence-corrected chi connectivity index (χ3v) is 6.62. The van der Waals surface area contributed by atoms with E-state index in [0.717, 1.165) is 5.01 Å². The molecular formula is C19H23N3O7S. The fourth-order valence-corrected chi connectivity index (χ4v) is 4.93. The second-order valence-electron chi connectivity index (χ2n) is 7.08. The molecule has 0 aromatic heterocycles. The van der Waals surface area contributed by atoms with Gasteiger partial charge in [-0.05, 0) is 25.5 Å². The Bertz CT molecular complexity index is 990. The van der Waals surface area contributed by atoms with Crippen molar-refractivity contribution in [3.05, 3.63) is 24.3 Å². The molecule has 2 heterocycles. The van der Waals surface area contributed by atoms with Gasteiger partial charge in [-0.15, -0.1) is 0 Å². The Morgan fingerprint density at radius 3 is 2.67 bits per heavy atom. The minimum Gasteiger partial charge on any atom is -0.495 e. The molecule has 1 N–H and O–H groups in total. The van der Waals surface area contributed by atoms with E-state index in [1.807, 2.05) is 0 Å². The molecule has 0 radical (unpaired) electrons. The van der Waals surface area contributed by atoms with Crippen molar-refractivity contribution in [2.75, 3.05) is 23.9 Å². The Balaban J connectivity index is 1.65. The van der Waals surface area contributed by atoms with Crippen LogP contribution in [0.25, 0.3) is 0 Å². The topological polar surface area (TPSA) is 131 Å². The predicted octanol–water partition coefficient (Wildman–Crippen LogP) is 0.731. The fraction of sp³-hybridized carbons (Fsp3) is 0.474. The van der Waals surface area contributed by atoms with E-state index in [-0.39, 0.29) is 42.4 Å². The van der Waals surface area contributed by atoms with E-state index in [1.165, 1.54) is 14.0 Å². The van der Waals surface area contributed by atoms with Gasteiger partial charge in [0.2, 0.25) is 5.91 Å². The van der Waals surface area contributed by atoms with E-state index in [1.54, 1.807) is 24.3 Å². The van der Waals surface area contributed by atoms with Gasteiger partial charge in [0, 0.05) is 12.8 Å². The smallest absolute Gasteiger partial charge is 0.355 e. The van der Waals surface area contributed by atoms with Crippen LogP contribution < -0.4 is 10.1 Å². The van der Waals surface area contributed by atoms with E-state index in [2.05, 4.69) is 10.4 Å². The van der Waals surface area contributed by atoms with Gasteiger partial charge in [-0.25, -0.2) is 18.2 Å². The molecule has 2 aliphatic rings. The van der Waals surface area contributed by atoms with Gasteiger partial charge in [0.15, 0.2) is 15.9 Å². The average molecular weight is 437 g/mol. The summed E-state index contributed by atoms with van der Waals surface area (Å²) in [5, 5.41) is 7.74. The molecule has 2 amide bonds. The number of esters is 1. The third kappa shape index (κ3) is 4.96. The normalized spacial score (nSPS) is 21.5. The number of anilines is 1. The minimum absolute atomic E-state index is 0.0170. The Hall–Kier alpha value is -2.95. The maximum Gasteiger partial charge on any atom is 0.355 e. The summed E-state index contributed by atoms with van der Waals surface area (Å²) in [5.74, 6) is -1.45. The van der Waals surface area contributed by atoms with Crippen LogP contribution in [0.5, 0.6) is 5.75 Å². The van der Waals surface area contributed by atoms with Crippen LogP contribution in [0.3, 0.4) is 0 Å². The van der Waals surface area contributed by atoms with Gasteiger partial charge < -0.3 is 14.8 Å². The maximum absolute atomic E-state index is 12.5. The number of hydrogen-bond acceptors (Lipinski definition) is 8. The number of methoxy groups -OCH3 is 1. The fourth-order valence-electron chi connectivity index (χ4n) is 3.24. The van der Waals surface area contributed by atoms with Gasteiger partial charge in [0.05, 0.1) is 30.3 Å². The number of nitrogens with zero attached hydrogens (tertiary/aromatic N) is 2. The molecule has 1 aromatic carbocycles. The van der Waals surface area contributed by atoms with Crippen LogP contribution in [0.1, 0.15) is 26.2 Å². The molecule has 1 saturated heterocycles. The van der Waals surface area contributed by atoms with Crippen molar-refractivity contribution in [2.24, 2.45) is 5.10 Å². The first-order valence-electron chi connectivity index (χ1n) is 9.45. The van der Waals surface area contributed by atoms with Gasteiger partial charge in [0.25, 0.3) is 5.91 Å². The van der Waals surface area contributed by atoms with Crippen LogP contribution in [0.4, 0.5) is 5.69 Å². The highest BCUT2D eigenvalue weighted by Crippen LogP contribution is 2.24. The van der Waals surface area contributed by atoms with Crippen LogP contribution in [0.2, 0.25) is 0 Å². The maximum atomic E-state index is 12.5. The number of para-hydroxylation sites is 2. The third-order valence-electron chi connectivity index (χ3n) is 4.87. The lowest BCUT2D eigenvalue weighted by Crippen LogP contribution is -2.42. The van der Waals surface area contributed by atoms with Gasteiger partial charge in [-0.1, -0.05) is 12.1 Å². The van der Waals surface area contributed by atoms with Crippen molar-refractivity contribution in [1.29, 1.82) is 0 Å². The molecule has 0 unspecified atom stereocenters. The molecule has 0 bridgehead atoms. The number of hydrogen-bond donors (Lipinski definition) is 1. The Labute approximate surface area is 174 Å². The van der Waals surface area contributed by atoms with E-state index in [0.29, 0.717) is 11.4 Å². The van der Waals surface area contributed by atoms with Crippen molar-refractivity contribution in [1.82, 2.24) is 5.01 Å². The number of carbonyl (C=O) groups excluding carboxylic acids is 3. The summed E-state index contributed by atoms with van der Waals surface area (Å²) in [6.07, 6.45) is -0.763. The highest BCUT2D eigenvalue weighted by atomic mass is 32.2. The zero-order chi connectivity index (χ0) is 21.9. The molecule has 0 saturated carbocycles. The van der Waals surface area contributed by atoms with E-state index < -0.39 is 33.9 Å². The lowest BCUT2D eigenvalue weighted by molar-refractivity contribution is -0.147. The number of rotatable bonds is 6. The highest BCUT2D eigenvalue weighted by Gasteiger charge is 2.37. The number of amides is 2. The number of hydrazone groups is 1. The number of ether oxygens (including phenoxy) is 2. The summed E-state index contributed by atoms with van der Waals surface area (Å²) in [5.41, 5.74) is 0.415. The molecule has 3 rings (SSSR count). The molecule has 11 heteroatoms. The van der Waals surface area contributed by atoms with Gasteiger partial charge in [0.1, 0.15) is 11.5 Å². The Kier molecular flexibility index (Phi) is 6.40. The first-order chi connectivity index (χ1) is 14.2. The lowest BCUT2D eigenvalue weighted by atomic mass is 10.1. The number of nitrogens with one attached hydrogen (secondary N) is 1. The summed E-state index contributed by atoms with van der Waals surface area (Å²) < 4.78 is 33.8. The van der Waals surface area contributed by atoms with E-state index >= 15 is 0 Å². The summed E-state index contributed by atoms with van der Waals surface area (Å²) in [6.45, 7) is 1.42. The molecule has 0 aliphatic carbocycles. The second kappa shape index (κ2) is 8.82. The quantitative estimate of drug-likeness (QED) is 0.649. The van der Waals surface area contributed by atoms with Gasteiger partial charge in [-0.2, -0.15) is 5.10 Å². The molecule has 30 heavy (non-hydrogen) atoms. The summed E-state index contributed by atoms with van der Waals surface area (Å²) in [7, 11) is -1.74. The number of benzene rings is 1. The first kappa shape index (κ1) is 21.8. The molecule has 1 fully saturated rings. The van der Waals surface area contributed by atoms with Crippen LogP contribution in [0.15, 0.2) is 29.4 Å². The van der Waals surface area contributed by atoms with Crippen molar-refractivity contribution < 1.29 is 32.3 Å². The van der Waals surface area contributed by atoms with Crippen molar-refractivity contribution in [2.45, 2.75) is 38.3 Å². The van der Waals surface area contributed by atoms with Crippen molar-refractivity contribution in [3.63, 3.8) is 0 Å². The summed E-state index contributed by atoms with van der Waals surface area (Å²) >= 11 is 0. The van der Waals surface area contributed by atoms with Gasteiger partial charge in [-0.3, -0.25) is 9.59 Å². The SMILES string of the molecule is COc1ccccc1NC(=O)[C@H](C)OC(=O)C1=NN([C@@H]2CCS(=O)(=O)C2)C(=O)CC1. The Morgan fingerprint density at radius 2 is 2.00 bits per heavy atom. The van der Waals surface area contributed by atoms with Gasteiger partial charge >= 0.3 is 5.97 Å². The van der Waals surface area contributed by atoms with Crippen molar-refractivity contribution in [3.8, 4) is 5.75 Å². The lowest BCUT2D eigenvalue weighted by Gasteiger charge is -2.27. The first-order valence-corrected chi connectivity index (χ1v) is 11.3. The molecule has 10 nitrogen and oxygen atoms in total. The largest absolute Gasteiger partial charge is 0.495 e. The summed E-state index contributed by atoms with van der Waals surface area (Å²) in [6, 6.07) is 6.22. The molecule has 2 atom stereocenters. The average Bonchev–Trinajstić information content (AvgIpc) is 3.08. The van der Waals surface area contributed by atoms with Crippen LogP contribution in [-0.2, 0) is 29.0 Å². The standard InChI is InChI=1S/C19H23N3O7S/c1-12(18(24)20-14-5-3-4-6-16(14)28-2)29-19(25)15-7-8-17(23)22(21-15)13-9-10-30(26,27)11-13/h3-6,12-13H,7-11H2,1-2H3,(H,20,24)/t12-,13+/m0/s1. The minimum atomic E-state index is -3.21. The predicted molar refractivity (Wildman–Crippen MR) is 108 cm³/mol. The second-order valence-corrected chi connectivity index (χ2v) is 9.31. The molecule has 2 aliphatic heterocycles. The highest BCUT2D eigenvalue weighted by molar-refractivity contribution is 7.91. The zero-order valence-electron chi connectivity index (χ0n) is 16.7. The van der Waals surface area contributed by atoms with Crippen LogP contribution in [-0.4, -0.2) is 67.7 Å².